The van der Waals surface area contributed by atoms with Crippen LogP contribution < -0.4 is 0 Å². The Morgan fingerprint density at radius 2 is 2.33 bits per heavy atom. The van der Waals surface area contributed by atoms with Gasteiger partial charge in [0, 0.05) is 13.1 Å². The fraction of sp³-hybridized carbons (Fsp3) is 0.667. The smallest absolute Gasteiger partial charge is 0.309 e. The molecule has 0 aromatic rings. The number of likely N-dealkylation sites (tertiary alicyclic amines) is 1. The number of carboxylic acid groups (broad SMARTS) is 1. The van der Waals surface area contributed by atoms with E-state index in [1.165, 1.54) is 0 Å². The maximum absolute atomic E-state index is 10.2. The lowest BCUT2D eigenvalue weighted by Crippen LogP contribution is -2.49. The molecule has 1 N–H and O–H groups in total. The van der Waals surface area contributed by atoms with E-state index in [-0.39, 0.29) is 5.92 Å². The monoisotopic (exact) mass is 128 g/mol. The number of hydrogen-bond acceptors (Lipinski definition) is 2. The second-order valence-corrected chi connectivity index (χ2v) is 2.29. The molecule has 1 rings (SSSR count). The zero-order chi connectivity index (χ0) is 6.85. The molecule has 0 spiro atoms. The maximum Gasteiger partial charge on any atom is 0.309 e. The van der Waals surface area contributed by atoms with E-state index in [0.717, 1.165) is 6.54 Å². The third-order valence-electron chi connectivity index (χ3n) is 1.62. The van der Waals surface area contributed by atoms with Crippen LogP contribution in [-0.4, -0.2) is 35.6 Å². The normalized spacial score (nSPS) is 21.4. The lowest BCUT2D eigenvalue weighted by molar-refractivity contribution is -0.147. The third kappa shape index (κ3) is 1.21. The van der Waals surface area contributed by atoms with Crippen molar-refractivity contribution < 1.29 is 9.90 Å². The molecule has 3 nitrogen and oxygen atoms in total. The Morgan fingerprint density at radius 3 is 2.67 bits per heavy atom. The molecule has 0 bridgehead atoms. The summed E-state index contributed by atoms with van der Waals surface area (Å²) in [6.07, 6.45) is 0. The summed E-state index contributed by atoms with van der Waals surface area (Å²) in [6.45, 7) is 5.72. The van der Waals surface area contributed by atoms with Crippen molar-refractivity contribution in [2.75, 3.05) is 19.6 Å². The van der Waals surface area contributed by atoms with Gasteiger partial charge in [0.25, 0.3) is 0 Å². The maximum atomic E-state index is 10.2. The van der Waals surface area contributed by atoms with Crippen LogP contribution in [0.5, 0.6) is 0 Å². The van der Waals surface area contributed by atoms with Crippen molar-refractivity contribution in [1.82, 2.24) is 4.90 Å². The summed E-state index contributed by atoms with van der Waals surface area (Å²) in [5, 5.41) is 8.40. The zero-order valence-electron chi connectivity index (χ0n) is 5.21. The largest absolute Gasteiger partial charge is 0.481 e. The van der Waals surface area contributed by atoms with Gasteiger partial charge in [0.05, 0.1) is 5.92 Å². The van der Waals surface area contributed by atoms with Gasteiger partial charge < -0.3 is 10.0 Å². The molecule has 1 saturated heterocycles. The van der Waals surface area contributed by atoms with Crippen molar-refractivity contribution in [2.45, 2.75) is 0 Å². The number of rotatable bonds is 2. The average Bonchev–Trinajstić information content (AvgIpc) is 1.61. The minimum absolute atomic E-state index is 0.133. The van der Waals surface area contributed by atoms with E-state index in [0.29, 0.717) is 13.1 Å². The van der Waals surface area contributed by atoms with E-state index in [9.17, 15) is 4.79 Å². The zero-order valence-corrected chi connectivity index (χ0v) is 5.21. The molecule has 3 heteroatoms. The molecule has 0 aromatic carbocycles. The number of carboxylic acids is 1. The summed E-state index contributed by atoms with van der Waals surface area (Å²) in [6, 6.07) is 0. The van der Waals surface area contributed by atoms with Crippen molar-refractivity contribution in [2.24, 2.45) is 5.92 Å². The Labute approximate surface area is 54.3 Å². The molecule has 0 aliphatic carbocycles. The molecule has 1 heterocycles. The first-order chi connectivity index (χ1) is 4.24. The van der Waals surface area contributed by atoms with Crippen LogP contribution >= 0.6 is 0 Å². The molecule has 1 aliphatic heterocycles. The Morgan fingerprint density at radius 1 is 1.78 bits per heavy atom. The SMILES string of the molecule is [CH2]CN1CC(C(=O)O)C1. The number of carbonyl (C=O) groups is 1. The Hall–Kier alpha value is -0.570. The quantitative estimate of drug-likeness (QED) is 0.561. The molecule has 1 aliphatic rings. The van der Waals surface area contributed by atoms with E-state index in [2.05, 4.69) is 6.92 Å². The number of aliphatic carboxylic acids is 1. The molecule has 1 fully saturated rings. The van der Waals surface area contributed by atoms with Crippen molar-refractivity contribution >= 4 is 5.97 Å². The van der Waals surface area contributed by atoms with Gasteiger partial charge in [0.2, 0.25) is 0 Å². The van der Waals surface area contributed by atoms with Gasteiger partial charge >= 0.3 is 5.97 Å². The first kappa shape index (κ1) is 6.55. The Kier molecular flexibility index (Phi) is 1.71. The van der Waals surface area contributed by atoms with E-state index in [1.807, 2.05) is 4.90 Å². The van der Waals surface area contributed by atoms with Crippen LogP contribution in [0.25, 0.3) is 0 Å². The van der Waals surface area contributed by atoms with Gasteiger partial charge in [-0.1, -0.05) is 0 Å². The van der Waals surface area contributed by atoms with Crippen LogP contribution in [0.3, 0.4) is 0 Å². The molecule has 0 unspecified atom stereocenters. The van der Waals surface area contributed by atoms with E-state index in [1.54, 1.807) is 0 Å². The summed E-state index contributed by atoms with van der Waals surface area (Å²) < 4.78 is 0. The van der Waals surface area contributed by atoms with Gasteiger partial charge in [-0.2, -0.15) is 0 Å². The van der Waals surface area contributed by atoms with Crippen LogP contribution in [-0.2, 0) is 4.79 Å². The van der Waals surface area contributed by atoms with Crippen LogP contribution in [0.15, 0.2) is 0 Å². The minimum atomic E-state index is -0.681. The van der Waals surface area contributed by atoms with Crippen LogP contribution in [0.2, 0.25) is 0 Å². The second-order valence-electron chi connectivity index (χ2n) is 2.29. The molecule has 51 valence electrons. The van der Waals surface area contributed by atoms with Crippen molar-refractivity contribution in [3.8, 4) is 0 Å². The fourth-order valence-corrected chi connectivity index (χ4v) is 0.909. The average molecular weight is 128 g/mol. The molecule has 1 radical (unpaired) electrons. The Balaban J connectivity index is 2.19. The van der Waals surface area contributed by atoms with E-state index >= 15 is 0 Å². The van der Waals surface area contributed by atoms with E-state index < -0.39 is 5.97 Å². The van der Waals surface area contributed by atoms with Gasteiger partial charge in [-0.15, -0.1) is 0 Å². The second kappa shape index (κ2) is 2.35. The highest BCUT2D eigenvalue weighted by molar-refractivity contribution is 5.71. The highest BCUT2D eigenvalue weighted by Gasteiger charge is 2.30. The molecule has 0 aromatic heterocycles. The van der Waals surface area contributed by atoms with Crippen molar-refractivity contribution in [1.29, 1.82) is 0 Å². The predicted octanol–water partition coefficient (Wildman–Crippen LogP) is -0.163. The summed E-state index contributed by atoms with van der Waals surface area (Å²) in [4.78, 5) is 12.2. The first-order valence-electron chi connectivity index (χ1n) is 2.98. The molecule has 0 amide bonds. The standard InChI is InChI=1S/C6H10NO2/c1-2-7-3-5(4-7)6(8)9/h5H,1-4H2,(H,8,9). The summed E-state index contributed by atoms with van der Waals surface area (Å²) in [5.41, 5.74) is 0. The third-order valence-corrected chi connectivity index (χ3v) is 1.62. The number of hydrogen-bond donors (Lipinski definition) is 1. The number of nitrogens with zero attached hydrogens (tertiary/aromatic N) is 1. The van der Waals surface area contributed by atoms with Crippen LogP contribution in [0, 0.1) is 12.8 Å². The lowest BCUT2D eigenvalue weighted by Gasteiger charge is -2.35. The van der Waals surface area contributed by atoms with Crippen LogP contribution in [0.1, 0.15) is 0 Å². The van der Waals surface area contributed by atoms with Gasteiger partial charge in [-0.25, -0.2) is 0 Å². The molecule has 9 heavy (non-hydrogen) atoms. The summed E-state index contributed by atoms with van der Waals surface area (Å²) in [7, 11) is 0. The predicted molar refractivity (Wildman–Crippen MR) is 32.9 cm³/mol. The molecule has 0 atom stereocenters. The van der Waals surface area contributed by atoms with Gasteiger partial charge in [0.1, 0.15) is 0 Å². The summed E-state index contributed by atoms with van der Waals surface area (Å²) >= 11 is 0. The van der Waals surface area contributed by atoms with Gasteiger partial charge in [-0.3, -0.25) is 4.79 Å². The lowest BCUT2D eigenvalue weighted by atomic mass is 10.0. The molecular formula is C6H10NO2. The fourth-order valence-electron chi connectivity index (χ4n) is 0.909. The van der Waals surface area contributed by atoms with Crippen molar-refractivity contribution in [3.05, 3.63) is 6.92 Å². The molecular weight excluding hydrogens is 118 g/mol. The van der Waals surface area contributed by atoms with Gasteiger partial charge in [-0.05, 0) is 13.5 Å². The van der Waals surface area contributed by atoms with Gasteiger partial charge in [0.15, 0.2) is 0 Å². The minimum Gasteiger partial charge on any atom is -0.481 e. The van der Waals surface area contributed by atoms with Crippen LogP contribution in [0.4, 0.5) is 0 Å². The topological polar surface area (TPSA) is 40.5 Å². The molecule has 0 saturated carbocycles. The first-order valence-corrected chi connectivity index (χ1v) is 2.98. The van der Waals surface area contributed by atoms with E-state index in [4.69, 9.17) is 5.11 Å². The Bertz CT molecular complexity index is 118. The highest BCUT2D eigenvalue weighted by atomic mass is 16.4. The highest BCUT2D eigenvalue weighted by Crippen LogP contribution is 2.13. The summed E-state index contributed by atoms with van der Waals surface area (Å²) in [5.74, 6) is -0.813. The van der Waals surface area contributed by atoms with Crippen molar-refractivity contribution in [3.63, 3.8) is 0 Å².